The normalized spacial score (nSPS) is 12.2. The maximum atomic E-state index is 11.3. The second-order valence-electron chi connectivity index (χ2n) is 6.43. The number of anilines is 1. The van der Waals surface area contributed by atoms with Gasteiger partial charge >= 0.3 is 0 Å². The van der Waals surface area contributed by atoms with E-state index in [1.54, 1.807) is 6.26 Å². The number of hydrogen-bond acceptors (Lipinski definition) is 5. The minimum atomic E-state index is -3.06. The van der Waals surface area contributed by atoms with Crippen LogP contribution >= 0.6 is 0 Å². The lowest BCUT2D eigenvalue weighted by Crippen LogP contribution is -2.33. The summed E-state index contributed by atoms with van der Waals surface area (Å²) in [5.41, 5.74) is 0.828. The van der Waals surface area contributed by atoms with Gasteiger partial charge in [-0.1, -0.05) is 0 Å². The van der Waals surface area contributed by atoms with Crippen molar-refractivity contribution in [1.29, 1.82) is 0 Å². The van der Waals surface area contributed by atoms with E-state index in [0.29, 0.717) is 18.9 Å². The molecule has 2 N–H and O–H groups in total. The second-order valence-corrected chi connectivity index (χ2v) is 8.69. The topological polar surface area (TPSA) is 92.9 Å². The SMILES string of the molecule is CC(C)Oc1ccc(NC(=NCCS(C)(=O)=O)NCCc2ccco2)cc1. The minimum Gasteiger partial charge on any atom is -0.491 e. The zero-order valence-corrected chi connectivity index (χ0v) is 16.8. The number of nitrogens with one attached hydrogen (secondary N) is 2. The molecule has 7 nitrogen and oxygen atoms in total. The van der Waals surface area contributed by atoms with E-state index in [9.17, 15) is 8.42 Å². The van der Waals surface area contributed by atoms with E-state index < -0.39 is 9.84 Å². The van der Waals surface area contributed by atoms with Gasteiger partial charge in [0.05, 0.1) is 24.7 Å². The predicted molar refractivity (Wildman–Crippen MR) is 108 cm³/mol. The van der Waals surface area contributed by atoms with Crippen molar-refractivity contribution < 1.29 is 17.6 Å². The number of furan rings is 1. The summed E-state index contributed by atoms with van der Waals surface area (Å²) in [5, 5.41) is 6.38. The third-order valence-corrected chi connectivity index (χ3v) is 4.39. The molecular formula is C19H27N3O4S. The maximum Gasteiger partial charge on any atom is 0.195 e. The lowest BCUT2D eigenvalue weighted by Gasteiger charge is -2.14. The molecule has 27 heavy (non-hydrogen) atoms. The van der Waals surface area contributed by atoms with Gasteiger partial charge in [-0.3, -0.25) is 4.99 Å². The first-order valence-corrected chi connectivity index (χ1v) is 10.9. The lowest BCUT2D eigenvalue weighted by molar-refractivity contribution is 0.242. The molecule has 148 valence electrons. The van der Waals surface area contributed by atoms with Crippen molar-refractivity contribution in [2.45, 2.75) is 26.4 Å². The van der Waals surface area contributed by atoms with Crippen molar-refractivity contribution in [3.63, 3.8) is 0 Å². The molecule has 0 aliphatic heterocycles. The highest BCUT2D eigenvalue weighted by atomic mass is 32.2. The third kappa shape index (κ3) is 8.63. The maximum absolute atomic E-state index is 11.3. The van der Waals surface area contributed by atoms with Crippen LogP contribution in [0.15, 0.2) is 52.1 Å². The molecule has 0 amide bonds. The van der Waals surface area contributed by atoms with Crippen LogP contribution in [0.25, 0.3) is 0 Å². The number of sulfone groups is 1. The molecule has 0 aliphatic carbocycles. The Morgan fingerprint density at radius 3 is 2.56 bits per heavy atom. The second kappa shape index (κ2) is 10.0. The fourth-order valence-corrected chi connectivity index (χ4v) is 2.67. The summed E-state index contributed by atoms with van der Waals surface area (Å²) < 4.78 is 33.6. The summed E-state index contributed by atoms with van der Waals surface area (Å²) in [6.07, 6.45) is 3.64. The van der Waals surface area contributed by atoms with Crippen molar-refractivity contribution in [2.24, 2.45) is 4.99 Å². The number of ether oxygens (including phenoxy) is 1. The summed E-state index contributed by atoms with van der Waals surface area (Å²) in [6, 6.07) is 11.3. The number of hydrogen-bond donors (Lipinski definition) is 2. The monoisotopic (exact) mass is 393 g/mol. The van der Waals surface area contributed by atoms with E-state index in [1.807, 2.05) is 50.2 Å². The molecule has 0 saturated carbocycles. The average Bonchev–Trinajstić information content (AvgIpc) is 3.08. The van der Waals surface area contributed by atoms with Gasteiger partial charge in [0.1, 0.15) is 21.3 Å². The number of benzene rings is 1. The third-order valence-electron chi connectivity index (χ3n) is 3.46. The Morgan fingerprint density at radius 2 is 1.96 bits per heavy atom. The Labute approximate surface area is 160 Å². The first-order chi connectivity index (χ1) is 12.8. The molecule has 0 bridgehead atoms. The molecule has 0 aliphatic rings. The Kier molecular flexibility index (Phi) is 7.72. The molecule has 0 spiro atoms. The summed E-state index contributed by atoms with van der Waals surface area (Å²) >= 11 is 0. The number of rotatable bonds is 9. The molecular weight excluding hydrogens is 366 g/mol. The zero-order valence-electron chi connectivity index (χ0n) is 15.9. The van der Waals surface area contributed by atoms with E-state index in [-0.39, 0.29) is 18.4 Å². The van der Waals surface area contributed by atoms with E-state index in [1.165, 1.54) is 6.26 Å². The van der Waals surface area contributed by atoms with Gasteiger partial charge in [0.2, 0.25) is 0 Å². The summed E-state index contributed by atoms with van der Waals surface area (Å²) in [5.74, 6) is 2.17. The average molecular weight is 394 g/mol. The van der Waals surface area contributed by atoms with Crippen molar-refractivity contribution in [3.05, 3.63) is 48.4 Å². The molecule has 0 saturated heterocycles. The lowest BCUT2D eigenvalue weighted by atomic mass is 10.3. The van der Waals surface area contributed by atoms with Crippen LogP contribution in [-0.4, -0.2) is 45.6 Å². The smallest absolute Gasteiger partial charge is 0.195 e. The van der Waals surface area contributed by atoms with Crippen molar-refractivity contribution in [1.82, 2.24) is 5.32 Å². The Balaban J connectivity index is 1.98. The van der Waals surface area contributed by atoms with Crippen LogP contribution < -0.4 is 15.4 Å². The number of nitrogens with zero attached hydrogens (tertiary/aromatic N) is 1. The van der Waals surface area contributed by atoms with E-state index in [0.717, 1.165) is 17.2 Å². The fraction of sp³-hybridized carbons (Fsp3) is 0.421. The van der Waals surface area contributed by atoms with Crippen LogP contribution in [0.5, 0.6) is 5.75 Å². The molecule has 0 fully saturated rings. The fourth-order valence-electron chi connectivity index (χ4n) is 2.25. The number of guanidine groups is 1. The Morgan fingerprint density at radius 1 is 1.22 bits per heavy atom. The van der Waals surface area contributed by atoms with Crippen molar-refractivity contribution in [3.8, 4) is 5.75 Å². The summed E-state index contributed by atoms with van der Waals surface area (Å²) in [7, 11) is -3.06. The van der Waals surface area contributed by atoms with Gasteiger partial charge in [0, 0.05) is 24.9 Å². The first kappa shape index (κ1) is 20.8. The van der Waals surface area contributed by atoms with Gasteiger partial charge in [-0.15, -0.1) is 0 Å². The van der Waals surface area contributed by atoms with Crippen LogP contribution in [0.2, 0.25) is 0 Å². The van der Waals surface area contributed by atoms with Crippen LogP contribution in [0.3, 0.4) is 0 Å². The highest BCUT2D eigenvalue weighted by molar-refractivity contribution is 7.90. The minimum absolute atomic E-state index is 0.000784. The molecule has 1 aromatic heterocycles. The first-order valence-electron chi connectivity index (χ1n) is 8.84. The van der Waals surface area contributed by atoms with Crippen molar-refractivity contribution in [2.75, 3.05) is 30.4 Å². The van der Waals surface area contributed by atoms with Crippen LogP contribution in [0.4, 0.5) is 5.69 Å². The molecule has 8 heteroatoms. The van der Waals surface area contributed by atoms with Gasteiger partial charge in [0.15, 0.2) is 5.96 Å². The highest BCUT2D eigenvalue weighted by Gasteiger charge is 2.05. The number of aliphatic imine (C=N–C) groups is 1. The van der Waals surface area contributed by atoms with Gasteiger partial charge in [0.25, 0.3) is 0 Å². The summed E-state index contributed by atoms with van der Waals surface area (Å²) in [6.45, 7) is 4.74. The molecule has 0 radical (unpaired) electrons. The highest BCUT2D eigenvalue weighted by Crippen LogP contribution is 2.16. The molecule has 0 atom stereocenters. The standard InChI is InChI=1S/C19H27N3O4S/c1-15(2)26-18-8-6-16(7-9-18)22-19(21-12-14-27(3,23)24)20-11-10-17-5-4-13-25-17/h4-9,13,15H,10-12,14H2,1-3H3,(H2,20,21,22). The van der Waals surface area contributed by atoms with Gasteiger partial charge in [-0.05, 0) is 50.2 Å². The quantitative estimate of drug-likeness (QED) is 0.503. The molecule has 2 rings (SSSR count). The van der Waals surface area contributed by atoms with Crippen LogP contribution in [0.1, 0.15) is 19.6 Å². The van der Waals surface area contributed by atoms with E-state index >= 15 is 0 Å². The van der Waals surface area contributed by atoms with Crippen molar-refractivity contribution >= 4 is 21.5 Å². The van der Waals surface area contributed by atoms with Gasteiger partial charge in [-0.25, -0.2) is 8.42 Å². The Bertz CT molecular complexity index is 813. The Hall–Kier alpha value is -2.48. The largest absolute Gasteiger partial charge is 0.491 e. The molecule has 1 heterocycles. The summed E-state index contributed by atoms with van der Waals surface area (Å²) in [4.78, 5) is 4.35. The molecule has 0 unspecified atom stereocenters. The van der Waals surface area contributed by atoms with Gasteiger partial charge in [-0.2, -0.15) is 0 Å². The van der Waals surface area contributed by atoms with Crippen LogP contribution in [0, 0.1) is 0 Å². The molecule has 1 aromatic carbocycles. The predicted octanol–water partition coefficient (Wildman–Crippen LogP) is 2.71. The molecule has 2 aromatic rings. The zero-order chi connectivity index (χ0) is 19.7. The van der Waals surface area contributed by atoms with E-state index in [4.69, 9.17) is 9.15 Å². The van der Waals surface area contributed by atoms with Gasteiger partial charge < -0.3 is 19.8 Å². The van der Waals surface area contributed by atoms with Crippen LogP contribution in [-0.2, 0) is 16.3 Å². The van der Waals surface area contributed by atoms with E-state index in [2.05, 4.69) is 15.6 Å².